The number of carbonyl (C=O) groups is 1. The monoisotopic (exact) mass is 315 g/mol. The highest BCUT2D eigenvalue weighted by Gasteiger charge is 2.12. The zero-order valence-electron chi connectivity index (χ0n) is 8.48. The maximum atomic E-state index is 10.6. The average molecular weight is 317 g/mol. The first-order chi connectivity index (χ1) is 8.11. The van der Waals surface area contributed by atoms with Crippen molar-refractivity contribution in [1.29, 1.82) is 0 Å². The standard InChI is InChI=1S/C11H7BrClNO3/c12-4-6-3-7-1-2-8(13)10(17-11(15)16)9(7)14-5-6/h1-3,5H,4H2,(H,15,16). The third-order valence-electron chi connectivity index (χ3n) is 2.16. The summed E-state index contributed by atoms with van der Waals surface area (Å²) in [4.78, 5) is 14.7. The van der Waals surface area contributed by atoms with E-state index in [2.05, 4.69) is 25.7 Å². The second kappa shape index (κ2) is 4.89. The van der Waals surface area contributed by atoms with Gasteiger partial charge in [-0.25, -0.2) is 4.79 Å². The second-order valence-corrected chi connectivity index (χ2v) is 4.26. The number of carboxylic acid groups (broad SMARTS) is 1. The maximum absolute atomic E-state index is 10.6. The minimum atomic E-state index is -1.41. The number of pyridine rings is 1. The Bertz CT molecular complexity index is 588. The van der Waals surface area contributed by atoms with Crippen LogP contribution in [0, 0.1) is 0 Å². The molecule has 17 heavy (non-hydrogen) atoms. The van der Waals surface area contributed by atoms with Gasteiger partial charge in [-0.15, -0.1) is 0 Å². The number of aromatic nitrogens is 1. The average Bonchev–Trinajstić information content (AvgIpc) is 2.32. The van der Waals surface area contributed by atoms with Crippen molar-refractivity contribution in [3.8, 4) is 5.75 Å². The topological polar surface area (TPSA) is 59.4 Å². The highest BCUT2D eigenvalue weighted by Crippen LogP contribution is 2.32. The van der Waals surface area contributed by atoms with E-state index in [1.165, 1.54) is 0 Å². The van der Waals surface area contributed by atoms with Crippen LogP contribution in [0.2, 0.25) is 5.02 Å². The number of hydrogen-bond acceptors (Lipinski definition) is 3. The van der Waals surface area contributed by atoms with Gasteiger partial charge in [-0.2, -0.15) is 0 Å². The van der Waals surface area contributed by atoms with Crippen LogP contribution in [0.4, 0.5) is 4.79 Å². The highest BCUT2D eigenvalue weighted by molar-refractivity contribution is 9.08. The molecule has 0 aliphatic rings. The van der Waals surface area contributed by atoms with Crippen LogP contribution in [0.3, 0.4) is 0 Å². The van der Waals surface area contributed by atoms with Crippen molar-refractivity contribution < 1.29 is 14.6 Å². The Morgan fingerprint density at radius 3 is 2.94 bits per heavy atom. The number of ether oxygens (including phenoxy) is 1. The van der Waals surface area contributed by atoms with Crippen molar-refractivity contribution in [2.45, 2.75) is 5.33 Å². The zero-order valence-corrected chi connectivity index (χ0v) is 10.8. The maximum Gasteiger partial charge on any atom is 0.511 e. The molecule has 0 saturated heterocycles. The van der Waals surface area contributed by atoms with Crippen LogP contribution in [0.25, 0.3) is 10.9 Å². The summed E-state index contributed by atoms with van der Waals surface area (Å²) in [6.45, 7) is 0. The molecule has 0 amide bonds. The van der Waals surface area contributed by atoms with Gasteiger partial charge in [0.15, 0.2) is 5.75 Å². The van der Waals surface area contributed by atoms with Crippen LogP contribution in [0.5, 0.6) is 5.75 Å². The fraction of sp³-hybridized carbons (Fsp3) is 0.0909. The van der Waals surface area contributed by atoms with Gasteiger partial charge in [-0.3, -0.25) is 4.98 Å². The van der Waals surface area contributed by atoms with E-state index in [4.69, 9.17) is 16.7 Å². The molecule has 0 fully saturated rings. The molecule has 0 atom stereocenters. The Kier molecular flexibility index (Phi) is 3.49. The lowest BCUT2D eigenvalue weighted by Gasteiger charge is -2.07. The molecule has 0 bridgehead atoms. The van der Waals surface area contributed by atoms with Crippen molar-refractivity contribution in [3.63, 3.8) is 0 Å². The van der Waals surface area contributed by atoms with Gasteiger partial charge in [0.2, 0.25) is 0 Å². The van der Waals surface area contributed by atoms with Crippen molar-refractivity contribution in [2.24, 2.45) is 0 Å². The minimum absolute atomic E-state index is 0.0674. The summed E-state index contributed by atoms with van der Waals surface area (Å²) < 4.78 is 4.64. The summed E-state index contributed by atoms with van der Waals surface area (Å²) in [5, 5.41) is 10.3. The van der Waals surface area contributed by atoms with Crippen LogP contribution in [-0.2, 0) is 5.33 Å². The van der Waals surface area contributed by atoms with Crippen molar-refractivity contribution in [1.82, 2.24) is 4.98 Å². The van der Waals surface area contributed by atoms with Crippen LogP contribution >= 0.6 is 27.5 Å². The third-order valence-corrected chi connectivity index (χ3v) is 3.10. The highest BCUT2D eigenvalue weighted by atomic mass is 79.9. The quantitative estimate of drug-likeness (QED) is 0.519. The molecule has 2 rings (SSSR count). The number of nitrogens with zero attached hydrogens (tertiary/aromatic N) is 1. The molecule has 88 valence electrons. The number of benzene rings is 1. The molecule has 1 aromatic carbocycles. The predicted molar refractivity (Wildman–Crippen MR) is 68.0 cm³/mol. The lowest BCUT2D eigenvalue weighted by molar-refractivity contribution is 0.145. The molecule has 0 spiro atoms. The Morgan fingerprint density at radius 1 is 1.53 bits per heavy atom. The molecule has 6 heteroatoms. The lowest BCUT2D eigenvalue weighted by atomic mass is 10.1. The fourth-order valence-electron chi connectivity index (χ4n) is 1.45. The van der Waals surface area contributed by atoms with Crippen LogP contribution < -0.4 is 4.74 Å². The van der Waals surface area contributed by atoms with E-state index in [-0.39, 0.29) is 10.8 Å². The van der Waals surface area contributed by atoms with Gasteiger partial charge in [0.25, 0.3) is 0 Å². The summed E-state index contributed by atoms with van der Waals surface area (Å²) >= 11 is 9.21. The molecule has 0 aliphatic heterocycles. The molecule has 0 radical (unpaired) electrons. The van der Waals surface area contributed by atoms with Gasteiger partial charge in [-0.05, 0) is 17.7 Å². The van der Waals surface area contributed by atoms with Crippen LogP contribution in [0.15, 0.2) is 24.4 Å². The van der Waals surface area contributed by atoms with Gasteiger partial charge in [0.1, 0.15) is 5.52 Å². The van der Waals surface area contributed by atoms with E-state index >= 15 is 0 Å². The zero-order chi connectivity index (χ0) is 12.4. The number of alkyl halides is 1. The molecular weight excluding hydrogens is 309 g/mol. The number of halogens is 2. The van der Waals surface area contributed by atoms with Gasteiger partial charge in [-0.1, -0.05) is 33.6 Å². The summed E-state index contributed by atoms with van der Waals surface area (Å²) in [6.07, 6.45) is 0.230. The molecule has 1 N–H and O–H groups in total. The van der Waals surface area contributed by atoms with Gasteiger partial charge in [0, 0.05) is 16.9 Å². The molecule has 0 aliphatic carbocycles. The predicted octanol–water partition coefficient (Wildman–Crippen LogP) is 3.84. The van der Waals surface area contributed by atoms with Crippen molar-refractivity contribution in [3.05, 3.63) is 35.0 Å². The van der Waals surface area contributed by atoms with Gasteiger partial charge in [0.05, 0.1) is 5.02 Å². The van der Waals surface area contributed by atoms with E-state index in [1.54, 1.807) is 18.3 Å². The first kappa shape index (κ1) is 12.1. The second-order valence-electron chi connectivity index (χ2n) is 3.29. The molecular formula is C11H7BrClNO3. The van der Waals surface area contributed by atoms with Crippen molar-refractivity contribution >= 4 is 44.6 Å². The number of fused-ring (bicyclic) bond motifs is 1. The lowest BCUT2D eigenvalue weighted by Crippen LogP contribution is -2.04. The molecule has 1 heterocycles. The summed E-state index contributed by atoms with van der Waals surface area (Å²) in [5.41, 5.74) is 1.42. The van der Waals surface area contributed by atoms with E-state index in [0.29, 0.717) is 10.8 Å². The number of hydrogen-bond donors (Lipinski definition) is 1. The largest absolute Gasteiger partial charge is 0.511 e. The molecule has 0 unspecified atom stereocenters. The first-order valence-corrected chi connectivity index (χ1v) is 6.15. The molecule has 0 saturated carbocycles. The Morgan fingerprint density at radius 2 is 2.29 bits per heavy atom. The number of rotatable bonds is 2. The van der Waals surface area contributed by atoms with E-state index in [9.17, 15) is 4.79 Å². The normalized spacial score (nSPS) is 10.5. The molecule has 4 nitrogen and oxygen atoms in total. The Balaban J connectivity index is 2.64. The first-order valence-electron chi connectivity index (χ1n) is 4.65. The molecule has 1 aromatic heterocycles. The molecule has 2 aromatic rings. The van der Waals surface area contributed by atoms with Gasteiger partial charge >= 0.3 is 6.16 Å². The third kappa shape index (κ3) is 2.50. The Hall–Kier alpha value is -1.33. The van der Waals surface area contributed by atoms with E-state index < -0.39 is 6.16 Å². The van der Waals surface area contributed by atoms with Gasteiger partial charge < -0.3 is 9.84 Å². The Labute approximate surface area is 110 Å². The minimum Gasteiger partial charge on any atom is -0.449 e. The summed E-state index contributed by atoms with van der Waals surface area (Å²) in [5.74, 6) is 0.0674. The van der Waals surface area contributed by atoms with Crippen LogP contribution in [-0.4, -0.2) is 16.2 Å². The summed E-state index contributed by atoms with van der Waals surface area (Å²) in [6, 6.07) is 5.25. The summed E-state index contributed by atoms with van der Waals surface area (Å²) in [7, 11) is 0. The van der Waals surface area contributed by atoms with Crippen LogP contribution in [0.1, 0.15) is 5.56 Å². The van der Waals surface area contributed by atoms with E-state index in [1.807, 2.05) is 6.07 Å². The van der Waals surface area contributed by atoms with E-state index in [0.717, 1.165) is 10.9 Å². The smallest absolute Gasteiger partial charge is 0.449 e. The fourth-order valence-corrected chi connectivity index (χ4v) is 1.95. The van der Waals surface area contributed by atoms with Crippen molar-refractivity contribution in [2.75, 3.05) is 0 Å². The SMILES string of the molecule is O=C(O)Oc1c(Cl)ccc2cc(CBr)cnc12.